The molecule has 0 bridgehead atoms. The lowest BCUT2D eigenvalue weighted by atomic mass is 10.2. The molecule has 0 unspecified atom stereocenters. The fourth-order valence-corrected chi connectivity index (χ4v) is 1.27. The van der Waals surface area contributed by atoms with Crippen LogP contribution in [0.4, 0.5) is 5.82 Å². The third kappa shape index (κ3) is 1.31. The number of hydrogen-bond acceptors (Lipinski definition) is 2. The zero-order valence-corrected chi connectivity index (χ0v) is 6.88. The zero-order chi connectivity index (χ0) is 7.68. The molecule has 0 saturated carbocycles. The average molecular weight is 169 g/mol. The third-order valence-electron chi connectivity index (χ3n) is 1.89. The molecule has 0 amide bonds. The van der Waals surface area contributed by atoms with Crippen LogP contribution in [-0.4, -0.2) is 18.1 Å². The first-order valence-electron chi connectivity index (χ1n) is 3.73. The molecule has 1 aliphatic rings. The van der Waals surface area contributed by atoms with Gasteiger partial charge in [0.1, 0.15) is 5.82 Å². The third-order valence-corrected chi connectivity index (χ3v) is 2.12. The van der Waals surface area contributed by atoms with Crippen LogP contribution >= 0.6 is 11.6 Å². The van der Waals surface area contributed by atoms with Crippen molar-refractivity contribution in [2.75, 3.05) is 18.0 Å². The van der Waals surface area contributed by atoms with Gasteiger partial charge in [-0.25, -0.2) is 4.98 Å². The molecule has 1 aromatic rings. The van der Waals surface area contributed by atoms with E-state index in [1.165, 1.54) is 6.42 Å². The summed E-state index contributed by atoms with van der Waals surface area (Å²) < 4.78 is 0. The number of aromatic nitrogens is 1. The first kappa shape index (κ1) is 6.92. The Labute approximate surface area is 70.8 Å². The Balaban J connectivity index is 2.23. The van der Waals surface area contributed by atoms with E-state index < -0.39 is 0 Å². The van der Waals surface area contributed by atoms with Crippen molar-refractivity contribution in [1.82, 2.24) is 4.98 Å². The largest absolute Gasteiger partial charge is 0.356 e. The molecule has 0 N–H and O–H groups in total. The van der Waals surface area contributed by atoms with Crippen molar-refractivity contribution in [3.8, 4) is 0 Å². The van der Waals surface area contributed by atoms with Gasteiger partial charge in [0, 0.05) is 24.3 Å². The van der Waals surface area contributed by atoms with Gasteiger partial charge in [0.05, 0.1) is 0 Å². The van der Waals surface area contributed by atoms with Crippen molar-refractivity contribution in [2.45, 2.75) is 6.42 Å². The lowest BCUT2D eigenvalue weighted by Crippen LogP contribution is -2.37. The highest BCUT2D eigenvalue weighted by Crippen LogP contribution is 2.20. The maximum absolute atomic E-state index is 5.80. The summed E-state index contributed by atoms with van der Waals surface area (Å²) >= 11 is 5.80. The van der Waals surface area contributed by atoms with Gasteiger partial charge >= 0.3 is 0 Å². The fraction of sp³-hybridized carbons (Fsp3) is 0.375. The van der Waals surface area contributed by atoms with Crippen molar-refractivity contribution >= 4 is 17.4 Å². The molecule has 1 aliphatic heterocycles. The molecule has 0 aromatic carbocycles. The number of rotatable bonds is 1. The highest BCUT2D eigenvalue weighted by molar-refractivity contribution is 6.30. The molecule has 3 heteroatoms. The molecule has 2 rings (SSSR count). The monoisotopic (exact) mass is 168 g/mol. The maximum Gasteiger partial charge on any atom is 0.129 e. The second kappa shape index (κ2) is 2.70. The van der Waals surface area contributed by atoms with E-state index >= 15 is 0 Å². The number of nitrogens with zero attached hydrogens (tertiary/aromatic N) is 2. The standard InChI is InChI=1S/C8H9ClN2/c9-7-2-3-10-8(6-7)11-4-1-5-11/h2-3,6H,1,4-5H2. The Morgan fingerprint density at radius 2 is 2.27 bits per heavy atom. The van der Waals surface area contributed by atoms with Crippen molar-refractivity contribution in [2.24, 2.45) is 0 Å². The summed E-state index contributed by atoms with van der Waals surface area (Å²) in [7, 11) is 0. The number of halogens is 1. The first-order valence-corrected chi connectivity index (χ1v) is 4.10. The van der Waals surface area contributed by atoms with Crippen molar-refractivity contribution in [3.05, 3.63) is 23.4 Å². The molecule has 11 heavy (non-hydrogen) atoms. The van der Waals surface area contributed by atoms with Crippen LogP contribution in [0.3, 0.4) is 0 Å². The zero-order valence-electron chi connectivity index (χ0n) is 6.13. The smallest absolute Gasteiger partial charge is 0.129 e. The molecule has 0 radical (unpaired) electrons. The molecule has 0 aliphatic carbocycles. The first-order chi connectivity index (χ1) is 5.36. The van der Waals surface area contributed by atoms with E-state index in [9.17, 15) is 0 Å². The second-order valence-corrected chi connectivity index (χ2v) is 3.11. The van der Waals surface area contributed by atoms with Crippen LogP contribution in [0.1, 0.15) is 6.42 Å². The normalized spacial score (nSPS) is 16.3. The van der Waals surface area contributed by atoms with Gasteiger partial charge in [-0.1, -0.05) is 11.6 Å². The maximum atomic E-state index is 5.80. The van der Waals surface area contributed by atoms with Gasteiger partial charge in [-0.3, -0.25) is 0 Å². The molecule has 1 fully saturated rings. The van der Waals surface area contributed by atoms with E-state index in [1.54, 1.807) is 12.3 Å². The summed E-state index contributed by atoms with van der Waals surface area (Å²) in [6.07, 6.45) is 3.02. The highest BCUT2D eigenvalue weighted by Gasteiger charge is 2.14. The summed E-state index contributed by atoms with van der Waals surface area (Å²) in [5, 5.41) is 0.766. The van der Waals surface area contributed by atoms with Crippen molar-refractivity contribution in [3.63, 3.8) is 0 Å². The molecule has 1 saturated heterocycles. The van der Waals surface area contributed by atoms with Gasteiger partial charge < -0.3 is 4.90 Å². The summed E-state index contributed by atoms with van der Waals surface area (Å²) in [5.41, 5.74) is 0. The van der Waals surface area contributed by atoms with E-state index in [2.05, 4.69) is 9.88 Å². The van der Waals surface area contributed by atoms with E-state index in [0.717, 1.165) is 23.9 Å². The van der Waals surface area contributed by atoms with Crippen LogP contribution in [-0.2, 0) is 0 Å². The van der Waals surface area contributed by atoms with Crippen molar-refractivity contribution < 1.29 is 0 Å². The molecular formula is C8H9ClN2. The predicted octanol–water partition coefficient (Wildman–Crippen LogP) is 1.95. The molecule has 58 valence electrons. The molecule has 0 atom stereocenters. The summed E-state index contributed by atoms with van der Waals surface area (Å²) in [6, 6.07) is 3.70. The minimum absolute atomic E-state index is 0.766. The van der Waals surface area contributed by atoms with Crippen molar-refractivity contribution in [1.29, 1.82) is 0 Å². The molecule has 2 heterocycles. The van der Waals surface area contributed by atoms with E-state index in [-0.39, 0.29) is 0 Å². The predicted molar refractivity (Wildman–Crippen MR) is 46.1 cm³/mol. The molecule has 0 spiro atoms. The molecular weight excluding hydrogens is 160 g/mol. The van der Waals surface area contributed by atoms with Gasteiger partial charge in [0.25, 0.3) is 0 Å². The Morgan fingerprint density at radius 3 is 2.82 bits per heavy atom. The average Bonchev–Trinajstić information content (AvgIpc) is 1.83. The van der Waals surface area contributed by atoms with Crippen LogP contribution in [0.2, 0.25) is 5.02 Å². The van der Waals surface area contributed by atoms with Gasteiger partial charge in [-0.05, 0) is 18.6 Å². The van der Waals surface area contributed by atoms with Gasteiger partial charge in [-0.15, -0.1) is 0 Å². The van der Waals surface area contributed by atoms with Gasteiger partial charge in [0.15, 0.2) is 0 Å². The van der Waals surface area contributed by atoms with Gasteiger partial charge in [0.2, 0.25) is 0 Å². The topological polar surface area (TPSA) is 16.1 Å². The Hall–Kier alpha value is -0.760. The molecule has 2 nitrogen and oxygen atoms in total. The fourth-order valence-electron chi connectivity index (χ4n) is 1.11. The van der Waals surface area contributed by atoms with E-state index in [0.29, 0.717) is 0 Å². The van der Waals surface area contributed by atoms with Crippen LogP contribution in [0.25, 0.3) is 0 Å². The summed E-state index contributed by atoms with van der Waals surface area (Å²) in [5.74, 6) is 1.00. The van der Waals surface area contributed by atoms with E-state index in [4.69, 9.17) is 11.6 Å². The Kier molecular flexibility index (Phi) is 1.70. The van der Waals surface area contributed by atoms with Crippen LogP contribution in [0, 0.1) is 0 Å². The van der Waals surface area contributed by atoms with Crippen LogP contribution < -0.4 is 4.90 Å². The quantitative estimate of drug-likeness (QED) is 0.637. The summed E-state index contributed by atoms with van der Waals surface area (Å²) in [4.78, 5) is 6.42. The van der Waals surface area contributed by atoms with Crippen LogP contribution in [0.15, 0.2) is 18.3 Å². The second-order valence-electron chi connectivity index (χ2n) is 2.67. The Morgan fingerprint density at radius 1 is 1.45 bits per heavy atom. The minimum Gasteiger partial charge on any atom is -0.356 e. The number of hydrogen-bond donors (Lipinski definition) is 0. The van der Waals surface area contributed by atoms with Gasteiger partial charge in [-0.2, -0.15) is 0 Å². The van der Waals surface area contributed by atoms with E-state index in [1.807, 2.05) is 6.07 Å². The lowest BCUT2D eigenvalue weighted by molar-refractivity contribution is 0.610. The summed E-state index contributed by atoms with van der Waals surface area (Å²) in [6.45, 7) is 2.24. The highest BCUT2D eigenvalue weighted by atomic mass is 35.5. The van der Waals surface area contributed by atoms with Crippen LogP contribution in [0.5, 0.6) is 0 Å². The SMILES string of the molecule is Clc1ccnc(N2CCC2)c1. The molecule has 1 aromatic heterocycles. The Bertz CT molecular complexity index is 258. The minimum atomic E-state index is 0.766. The number of pyridine rings is 1. The number of anilines is 1. The lowest BCUT2D eigenvalue weighted by Gasteiger charge is -2.31.